The Morgan fingerprint density at radius 2 is 2.19 bits per heavy atom. The molecule has 86 valence electrons. The van der Waals surface area contributed by atoms with Crippen molar-refractivity contribution >= 4 is 21.4 Å². The number of hydrogen-bond acceptors (Lipinski definition) is 2. The Bertz CT molecular complexity index is 496. The molecule has 0 amide bonds. The number of pyridine rings is 1. The van der Waals surface area contributed by atoms with Crippen molar-refractivity contribution in [2.45, 2.75) is 32.2 Å². The van der Waals surface area contributed by atoms with E-state index in [0.29, 0.717) is 0 Å². The highest BCUT2D eigenvalue weighted by Gasteiger charge is 2.14. The van der Waals surface area contributed by atoms with Gasteiger partial charge in [0, 0.05) is 18.2 Å². The molecule has 2 N–H and O–H groups in total. The zero-order valence-corrected chi connectivity index (χ0v) is 11.2. The first kappa shape index (κ1) is 11.6. The van der Waals surface area contributed by atoms with Gasteiger partial charge in [-0.25, -0.2) is 4.98 Å². The van der Waals surface area contributed by atoms with Crippen molar-refractivity contribution in [1.29, 1.82) is 0 Å². The SMILES string of the molecule is CC(C)(N)CCc1nc(Br)c2ccccn12. The van der Waals surface area contributed by atoms with Crippen LogP contribution >= 0.6 is 15.9 Å². The van der Waals surface area contributed by atoms with Gasteiger partial charge in [0.05, 0.1) is 5.52 Å². The molecule has 0 unspecified atom stereocenters. The smallest absolute Gasteiger partial charge is 0.132 e. The molecular formula is C12H16BrN3. The molecule has 0 radical (unpaired) electrons. The van der Waals surface area contributed by atoms with Crippen LogP contribution in [0, 0.1) is 0 Å². The molecule has 2 aromatic heterocycles. The van der Waals surface area contributed by atoms with Crippen molar-refractivity contribution in [3.8, 4) is 0 Å². The number of imidazole rings is 1. The zero-order valence-electron chi connectivity index (χ0n) is 9.57. The summed E-state index contributed by atoms with van der Waals surface area (Å²) >= 11 is 3.47. The number of aryl methyl sites for hydroxylation is 1. The van der Waals surface area contributed by atoms with Gasteiger partial charge in [-0.3, -0.25) is 0 Å². The highest BCUT2D eigenvalue weighted by Crippen LogP contribution is 2.20. The number of fused-ring (bicyclic) bond motifs is 1. The van der Waals surface area contributed by atoms with Crippen LogP contribution in [-0.4, -0.2) is 14.9 Å². The van der Waals surface area contributed by atoms with E-state index in [-0.39, 0.29) is 5.54 Å². The van der Waals surface area contributed by atoms with Gasteiger partial charge in [-0.15, -0.1) is 0 Å². The molecule has 4 heteroatoms. The third-order valence-electron chi connectivity index (χ3n) is 2.57. The molecule has 0 aliphatic heterocycles. The quantitative estimate of drug-likeness (QED) is 0.940. The molecular weight excluding hydrogens is 266 g/mol. The van der Waals surface area contributed by atoms with E-state index in [0.717, 1.165) is 28.8 Å². The summed E-state index contributed by atoms with van der Waals surface area (Å²) in [4.78, 5) is 4.52. The molecule has 3 nitrogen and oxygen atoms in total. The summed E-state index contributed by atoms with van der Waals surface area (Å²) in [5.74, 6) is 1.06. The second kappa shape index (κ2) is 4.18. The molecule has 2 heterocycles. The van der Waals surface area contributed by atoms with E-state index in [1.54, 1.807) is 0 Å². The van der Waals surface area contributed by atoms with Crippen LogP contribution in [0.3, 0.4) is 0 Å². The number of nitrogens with two attached hydrogens (primary N) is 1. The maximum atomic E-state index is 5.99. The summed E-state index contributed by atoms with van der Waals surface area (Å²) in [5, 5.41) is 0. The van der Waals surface area contributed by atoms with E-state index in [1.807, 2.05) is 38.2 Å². The summed E-state index contributed by atoms with van der Waals surface area (Å²) < 4.78 is 3.01. The molecule has 0 saturated heterocycles. The Kier molecular flexibility index (Phi) is 3.04. The topological polar surface area (TPSA) is 43.3 Å². The highest BCUT2D eigenvalue weighted by atomic mass is 79.9. The lowest BCUT2D eigenvalue weighted by Crippen LogP contribution is -2.32. The first-order valence-corrected chi connectivity index (χ1v) is 6.17. The van der Waals surface area contributed by atoms with Gasteiger partial charge in [-0.1, -0.05) is 6.07 Å². The van der Waals surface area contributed by atoms with Crippen LogP contribution in [0.2, 0.25) is 0 Å². The van der Waals surface area contributed by atoms with Crippen LogP contribution in [-0.2, 0) is 6.42 Å². The molecule has 0 aliphatic rings. The minimum Gasteiger partial charge on any atom is -0.326 e. The van der Waals surface area contributed by atoms with Crippen LogP contribution in [0.5, 0.6) is 0 Å². The fourth-order valence-corrected chi connectivity index (χ4v) is 2.20. The largest absolute Gasteiger partial charge is 0.326 e. The molecule has 0 aromatic carbocycles. The third-order valence-corrected chi connectivity index (χ3v) is 3.15. The summed E-state index contributed by atoms with van der Waals surface area (Å²) in [6, 6.07) is 6.07. The van der Waals surface area contributed by atoms with Crippen LogP contribution in [0.1, 0.15) is 26.1 Å². The summed E-state index contributed by atoms with van der Waals surface area (Å²) in [7, 11) is 0. The molecule has 0 saturated carbocycles. The fraction of sp³-hybridized carbons (Fsp3) is 0.417. The van der Waals surface area contributed by atoms with Gasteiger partial charge < -0.3 is 10.1 Å². The zero-order chi connectivity index (χ0) is 11.8. The van der Waals surface area contributed by atoms with Gasteiger partial charge in [0.25, 0.3) is 0 Å². The standard InChI is InChI=1S/C12H16BrN3/c1-12(2,14)7-6-10-15-11(13)9-5-3-4-8-16(9)10/h3-5,8H,6-7,14H2,1-2H3. The van der Waals surface area contributed by atoms with E-state index >= 15 is 0 Å². The molecule has 0 atom stereocenters. The molecule has 0 fully saturated rings. The normalized spacial score (nSPS) is 12.2. The first-order chi connectivity index (χ1) is 7.47. The van der Waals surface area contributed by atoms with Crippen molar-refractivity contribution in [2.75, 3.05) is 0 Å². The molecule has 2 rings (SSSR count). The average molecular weight is 282 g/mol. The Morgan fingerprint density at radius 1 is 1.44 bits per heavy atom. The maximum absolute atomic E-state index is 5.99. The highest BCUT2D eigenvalue weighted by molar-refractivity contribution is 9.10. The van der Waals surface area contributed by atoms with E-state index in [9.17, 15) is 0 Å². The minimum atomic E-state index is -0.146. The Balaban J connectivity index is 2.31. The van der Waals surface area contributed by atoms with Crippen molar-refractivity contribution in [2.24, 2.45) is 5.73 Å². The number of rotatable bonds is 3. The minimum absolute atomic E-state index is 0.146. The van der Waals surface area contributed by atoms with E-state index < -0.39 is 0 Å². The molecule has 0 bridgehead atoms. The van der Waals surface area contributed by atoms with Crippen molar-refractivity contribution in [3.63, 3.8) is 0 Å². The van der Waals surface area contributed by atoms with Gasteiger partial charge in [0.2, 0.25) is 0 Å². The Morgan fingerprint density at radius 3 is 2.88 bits per heavy atom. The predicted molar refractivity (Wildman–Crippen MR) is 69.5 cm³/mol. The molecule has 0 aliphatic carbocycles. The van der Waals surface area contributed by atoms with Crippen molar-refractivity contribution in [3.05, 3.63) is 34.8 Å². The molecule has 2 aromatic rings. The van der Waals surface area contributed by atoms with Crippen LogP contribution in [0.15, 0.2) is 29.0 Å². The first-order valence-electron chi connectivity index (χ1n) is 5.38. The van der Waals surface area contributed by atoms with E-state index in [4.69, 9.17) is 5.73 Å². The summed E-state index contributed by atoms with van der Waals surface area (Å²) in [5.41, 5.74) is 6.94. The third kappa shape index (κ3) is 2.44. The lowest BCUT2D eigenvalue weighted by Gasteiger charge is -2.17. The maximum Gasteiger partial charge on any atom is 0.132 e. The van der Waals surface area contributed by atoms with Crippen LogP contribution in [0.4, 0.5) is 0 Å². The van der Waals surface area contributed by atoms with Crippen LogP contribution < -0.4 is 5.73 Å². The number of aromatic nitrogens is 2. The van der Waals surface area contributed by atoms with Crippen molar-refractivity contribution < 1.29 is 0 Å². The van der Waals surface area contributed by atoms with Gasteiger partial charge in [-0.2, -0.15) is 0 Å². The van der Waals surface area contributed by atoms with Gasteiger partial charge in [0.15, 0.2) is 0 Å². The second-order valence-corrected chi connectivity index (χ2v) is 5.51. The van der Waals surface area contributed by atoms with Crippen LogP contribution in [0.25, 0.3) is 5.52 Å². The summed E-state index contributed by atoms with van der Waals surface area (Å²) in [6.45, 7) is 4.08. The Labute approximate surface area is 104 Å². The van der Waals surface area contributed by atoms with E-state index in [2.05, 4.69) is 25.3 Å². The number of hydrogen-bond donors (Lipinski definition) is 1. The predicted octanol–water partition coefficient (Wildman–Crippen LogP) is 2.77. The van der Waals surface area contributed by atoms with Crippen molar-refractivity contribution in [1.82, 2.24) is 9.38 Å². The monoisotopic (exact) mass is 281 g/mol. The van der Waals surface area contributed by atoms with Gasteiger partial charge in [0.1, 0.15) is 10.4 Å². The second-order valence-electron chi connectivity index (χ2n) is 4.76. The summed E-state index contributed by atoms with van der Waals surface area (Å²) in [6.07, 6.45) is 3.85. The lowest BCUT2D eigenvalue weighted by molar-refractivity contribution is 0.470. The number of nitrogens with zero attached hydrogens (tertiary/aromatic N) is 2. The fourth-order valence-electron chi connectivity index (χ4n) is 1.67. The Hall–Kier alpha value is -0.870. The van der Waals surface area contributed by atoms with Gasteiger partial charge in [-0.05, 0) is 48.3 Å². The number of halogens is 1. The lowest BCUT2D eigenvalue weighted by atomic mass is 10.00. The van der Waals surface area contributed by atoms with Gasteiger partial charge >= 0.3 is 0 Å². The molecule has 0 spiro atoms. The van der Waals surface area contributed by atoms with E-state index in [1.165, 1.54) is 0 Å². The average Bonchev–Trinajstić information content (AvgIpc) is 2.53. The molecule has 16 heavy (non-hydrogen) atoms.